The second kappa shape index (κ2) is 11.4. The van der Waals surface area contributed by atoms with Gasteiger partial charge in [-0.05, 0) is 56.4 Å². The van der Waals surface area contributed by atoms with Gasteiger partial charge >= 0.3 is 5.97 Å². The normalized spacial score (nSPS) is 19.5. The van der Waals surface area contributed by atoms with Crippen LogP contribution in [-0.4, -0.2) is 39.8 Å². The first-order chi connectivity index (χ1) is 13.3. The van der Waals surface area contributed by atoms with Crippen LogP contribution in [0.1, 0.15) is 38.5 Å². The number of unbranched alkanes of at least 4 members (excludes halogenated alkanes) is 1. The van der Waals surface area contributed by atoms with E-state index < -0.39 is 10.1 Å². The molecule has 154 valence electrons. The second-order valence-corrected chi connectivity index (χ2v) is 8.89. The summed E-state index contributed by atoms with van der Waals surface area (Å²) < 4.78 is 31.6. The van der Waals surface area contributed by atoms with E-state index in [1.165, 1.54) is 0 Å². The van der Waals surface area contributed by atoms with Gasteiger partial charge in [0.25, 0.3) is 10.1 Å². The molecule has 0 aromatic heterocycles. The van der Waals surface area contributed by atoms with Crippen molar-refractivity contribution in [1.29, 1.82) is 0 Å². The van der Waals surface area contributed by atoms with E-state index in [0.29, 0.717) is 35.6 Å². The van der Waals surface area contributed by atoms with E-state index in [1.807, 2.05) is 0 Å². The molecule has 6 nitrogen and oxygen atoms in total. The molecule has 8 heteroatoms. The Labute approximate surface area is 172 Å². The summed E-state index contributed by atoms with van der Waals surface area (Å²) >= 11 is 5.80. The van der Waals surface area contributed by atoms with Crippen molar-refractivity contribution in [1.82, 2.24) is 5.32 Å². The number of ether oxygens (including phenoxy) is 1. The molecule has 0 heterocycles. The van der Waals surface area contributed by atoms with Gasteiger partial charge in [0.2, 0.25) is 0 Å². The van der Waals surface area contributed by atoms with E-state index in [4.69, 9.17) is 16.3 Å². The van der Waals surface area contributed by atoms with Crippen LogP contribution in [0.3, 0.4) is 0 Å². The molecule has 1 saturated carbocycles. The average Bonchev–Trinajstić information content (AvgIpc) is 2.65. The lowest BCUT2D eigenvalue weighted by molar-refractivity contribution is -0.133. The van der Waals surface area contributed by atoms with E-state index in [9.17, 15) is 13.2 Å². The van der Waals surface area contributed by atoms with Crippen molar-refractivity contribution in [2.75, 3.05) is 19.4 Å². The predicted octanol–water partition coefficient (Wildman–Crippen LogP) is 3.15. The van der Waals surface area contributed by atoms with Crippen LogP contribution in [0, 0.1) is 17.8 Å². The summed E-state index contributed by atoms with van der Waals surface area (Å²) in [5.41, 5.74) is 0. The van der Waals surface area contributed by atoms with E-state index >= 15 is 0 Å². The summed E-state index contributed by atoms with van der Waals surface area (Å²) in [6.45, 7) is 0.347. The van der Waals surface area contributed by atoms with Crippen molar-refractivity contribution >= 4 is 27.7 Å². The highest BCUT2D eigenvalue weighted by atomic mass is 35.5. The minimum Gasteiger partial charge on any atom is -0.426 e. The summed E-state index contributed by atoms with van der Waals surface area (Å²) in [6.07, 6.45) is 6.17. The molecular formula is C20H26ClNO5S. The van der Waals surface area contributed by atoms with Crippen molar-refractivity contribution in [3.05, 3.63) is 29.3 Å². The zero-order valence-electron chi connectivity index (χ0n) is 15.9. The zero-order chi connectivity index (χ0) is 20.4. The molecule has 1 aliphatic carbocycles. The molecular weight excluding hydrogens is 402 g/mol. The van der Waals surface area contributed by atoms with Crippen molar-refractivity contribution in [2.24, 2.45) is 5.92 Å². The van der Waals surface area contributed by atoms with E-state index in [2.05, 4.69) is 21.3 Å². The molecule has 0 unspecified atom stereocenters. The average molecular weight is 428 g/mol. The first-order valence-corrected chi connectivity index (χ1v) is 11.5. The Bertz CT molecular complexity index is 790. The molecule has 28 heavy (non-hydrogen) atoms. The van der Waals surface area contributed by atoms with Gasteiger partial charge in [0.05, 0.1) is 19.4 Å². The molecule has 0 amide bonds. The Balaban J connectivity index is 1.59. The van der Waals surface area contributed by atoms with Gasteiger partial charge in [-0.15, -0.1) is 5.92 Å². The minimum absolute atomic E-state index is 0.171. The number of carbonyl (C=O) groups is 1. The van der Waals surface area contributed by atoms with Crippen LogP contribution in [0.15, 0.2) is 24.3 Å². The van der Waals surface area contributed by atoms with Crippen LogP contribution in [-0.2, 0) is 19.1 Å². The topological polar surface area (TPSA) is 81.7 Å². The quantitative estimate of drug-likeness (QED) is 0.225. The molecule has 1 aromatic carbocycles. The Morgan fingerprint density at radius 2 is 1.89 bits per heavy atom. The molecule has 1 fully saturated rings. The van der Waals surface area contributed by atoms with Crippen LogP contribution in [0.5, 0.6) is 5.75 Å². The summed E-state index contributed by atoms with van der Waals surface area (Å²) in [6, 6.07) is 6.98. The third-order valence-electron chi connectivity index (χ3n) is 4.36. The van der Waals surface area contributed by atoms with Gasteiger partial charge in [-0.3, -0.25) is 8.98 Å². The van der Waals surface area contributed by atoms with Gasteiger partial charge in [0, 0.05) is 23.4 Å². The first kappa shape index (κ1) is 22.7. The Morgan fingerprint density at radius 3 is 2.54 bits per heavy atom. The molecule has 1 N–H and O–H groups in total. The van der Waals surface area contributed by atoms with Crippen LogP contribution >= 0.6 is 11.6 Å². The van der Waals surface area contributed by atoms with Gasteiger partial charge in [-0.1, -0.05) is 17.5 Å². The van der Waals surface area contributed by atoms with Gasteiger partial charge < -0.3 is 10.1 Å². The Kier molecular flexibility index (Phi) is 9.26. The molecule has 0 radical (unpaired) electrons. The number of halogens is 1. The molecule has 1 aliphatic rings. The molecule has 2 rings (SSSR count). The fraction of sp³-hybridized carbons (Fsp3) is 0.550. The summed E-state index contributed by atoms with van der Waals surface area (Å²) in [7, 11) is -3.36. The second-order valence-electron chi connectivity index (χ2n) is 6.81. The van der Waals surface area contributed by atoms with Gasteiger partial charge in [0.1, 0.15) is 5.75 Å². The lowest BCUT2D eigenvalue weighted by atomic mass is 9.86. The lowest BCUT2D eigenvalue weighted by Crippen LogP contribution is -2.37. The highest BCUT2D eigenvalue weighted by Crippen LogP contribution is 2.23. The van der Waals surface area contributed by atoms with Crippen LogP contribution in [0.25, 0.3) is 0 Å². The van der Waals surface area contributed by atoms with Crippen LogP contribution < -0.4 is 10.1 Å². The number of hydrogen-bond acceptors (Lipinski definition) is 6. The van der Waals surface area contributed by atoms with E-state index in [-0.39, 0.29) is 19.1 Å². The van der Waals surface area contributed by atoms with E-state index in [1.54, 1.807) is 24.3 Å². The third-order valence-corrected chi connectivity index (χ3v) is 5.20. The van der Waals surface area contributed by atoms with Crippen LogP contribution in [0.2, 0.25) is 5.02 Å². The van der Waals surface area contributed by atoms with Gasteiger partial charge in [-0.2, -0.15) is 8.42 Å². The molecule has 1 aromatic rings. The summed E-state index contributed by atoms with van der Waals surface area (Å²) in [5.74, 6) is 6.89. The fourth-order valence-corrected chi connectivity index (χ4v) is 3.47. The maximum Gasteiger partial charge on any atom is 0.325 e. The van der Waals surface area contributed by atoms with Crippen molar-refractivity contribution in [3.8, 4) is 17.6 Å². The number of carbonyl (C=O) groups excluding carboxylic acids is 1. The summed E-state index contributed by atoms with van der Waals surface area (Å²) in [4.78, 5) is 11.9. The van der Waals surface area contributed by atoms with E-state index in [0.717, 1.165) is 31.9 Å². The fourth-order valence-electron chi connectivity index (χ4n) is 2.93. The van der Waals surface area contributed by atoms with Gasteiger partial charge in [-0.25, -0.2) is 0 Å². The third kappa shape index (κ3) is 9.56. The maximum absolute atomic E-state index is 11.9. The number of rotatable bonds is 8. The summed E-state index contributed by atoms with van der Waals surface area (Å²) in [5, 5.41) is 3.85. The molecule has 0 spiro atoms. The highest BCUT2D eigenvalue weighted by molar-refractivity contribution is 7.85. The smallest absolute Gasteiger partial charge is 0.325 e. The Hall–Kier alpha value is -1.59. The van der Waals surface area contributed by atoms with Crippen LogP contribution in [0.4, 0.5) is 0 Å². The van der Waals surface area contributed by atoms with Crippen molar-refractivity contribution in [3.63, 3.8) is 0 Å². The minimum atomic E-state index is -3.36. The monoisotopic (exact) mass is 427 g/mol. The lowest BCUT2D eigenvalue weighted by Gasteiger charge is -2.26. The maximum atomic E-state index is 11.9. The number of hydrogen-bond donors (Lipinski definition) is 1. The molecule has 0 atom stereocenters. The molecule has 0 bridgehead atoms. The highest BCUT2D eigenvalue weighted by Gasteiger charge is 2.20. The SMILES string of the molecule is CS(=O)(=O)OCCCC#CC1CCC(NCC(=O)Oc2ccc(Cl)cc2)CC1. The number of esters is 1. The number of nitrogens with one attached hydrogen (secondary N) is 1. The molecule has 0 saturated heterocycles. The standard InChI is InChI=1S/C20H26ClNO5S/c1-28(24,25)26-14-4-2-3-5-16-6-10-18(11-7-16)22-15-20(23)27-19-12-8-17(21)9-13-19/h8-9,12-13,16,18,22H,2,4,6-7,10-11,14-15H2,1H3. The number of benzene rings is 1. The largest absolute Gasteiger partial charge is 0.426 e. The van der Waals surface area contributed by atoms with Crippen molar-refractivity contribution < 1.29 is 22.1 Å². The van der Waals surface area contributed by atoms with Crippen molar-refractivity contribution in [2.45, 2.75) is 44.6 Å². The predicted molar refractivity (Wildman–Crippen MR) is 109 cm³/mol. The first-order valence-electron chi connectivity index (χ1n) is 9.34. The van der Waals surface area contributed by atoms with Gasteiger partial charge in [0.15, 0.2) is 0 Å². The Morgan fingerprint density at radius 1 is 1.21 bits per heavy atom. The molecule has 0 aliphatic heterocycles. The zero-order valence-corrected chi connectivity index (χ0v) is 17.5.